The Morgan fingerprint density at radius 3 is 2.08 bits per heavy atom. The third-order valence-electron chi connectivity index (χ3n) is 4.41. The second-order valence-electron chi connectivity index (χ2n) is 6.10. The maximum atomic E-state index is 12.4. The molecular formula is C19H22N2O3S. The summed E-state index contributed by atoms with van der Waals surface area (Å²) in [5.74, 6) is 1.05. The van der Waals surface area contributed by atoms with Crippen LogP contribution in [-0.2, 0) is 0 Å². The Kier molecular flexibility index (Phi) is 5.96. The molecule has 1 aliphatic heterocycles. The number of hydrogen-bond donors (Lipinski definition) is 0. The Balaban J connectivity index is 1.45. The second-order valence-corrected chi connectivity index (χ2v) is 7.05. The first-order valence-electron chi connectivity index (χ1n) is 8.34. The molecule has 132 valence electrons. The van der Waals surface area contributed by atoms with Gasteiger partial charge in [-0.1, -0.05) is 6.07 Å². The molecule has 1 aromatic carbocycles. The molecule has 5 nitrogen and oxygen atoms in total. The number of rotatable bonds is 7. The van der Waals surface area contributed by atoms with Crippen molar-refractivity contribution in [1.82, 2.24) is 9.80 Å². The van der Waals surface area contributed by atoms with E-state index in [0.717, 1.165) is 36.8 Å². The molecular weight excluding hydrogens is 336 g/mol. The lowest BCUT2D eigenvalue weighted by Gasteiger charge is -2.33. The summed E-state index contributed by atoms with van der Waals surface area (Å²) in [7, 11) is 1.61. The number of carbonyl (C=O) groups is 2. The lowest BCUT2D eigenvalue weighted by atomic mass is 10.1. The van der Waals surface area contributed by atoms with Gasteiger partial charge in [-0.25, -0.2) is 0 Å². The molecule has 0 radical (unpaired) electrons. The quantitative estimate of drug-likeness (QED) is 0.712. The summed E-state index contributed by atoms with van der Waals surface area (Å²) < 4.78 is 5.12. The van der Waals surface area contributed by atoms with E-state index in [-0.39, 0.29) is 11.6 Å². The van der Waals surface area contributed by atoms with Gasteiger partial charge in [-0.15, -0.1) is 11.3 Å². The van der Waals surface area contributed by atoms with Crippen molar-refractivity contribution in [3.05, 3.63) is 52.2 Å². The highest BCUT2D eigenvalue weighted by molar-refractivity contribution is 7.12. The van der Waals surface area contributed by atoms with Crippen LogP contribution in [0.2, 0.25) is 0 Å². The van der Waals surface area contributed by atoms with Crippen LogP contribution < -0.4 is 4.74 Å². The Morgan fingerprint density at radius 1 is 0.960 bits per heavy atom. The predicted molar refractivity (Wildman–Crippen MR) is 98.9 cm³/mol. The molecule has 3 rings (SSSR count). The topological polar surface area (TPSA) is 49.9 Å². The molecule has 0 unspecified atom stereocenters. The van der Waals surface area contributed by atoms with Crippen molar-refractivity contribution in [2.75, 3.05) is 46.4 Å². The SMILES string of the molecule is COc1ccc(C(=O)CN2CCN(CC(=O)c3cccs3)CC2)cc1. The first-order chi connectivity index (χ1) is 12.2. The number of thiophene rings is 1. The average Bonchev–Trinajstić information content (AvgIpc) is 3.18. The van der Waals surface area contributed by atoms with Gasteiger partial charge in [-0.05, 0) is 35.7 Å². The molecule has 2 aromatic rings. The highest BCUT2D eigenvalue weighted by Gasteiger charge is 2.21. The van der Waals surface area contributed by atoms with Crippen LogP contribution in [0, 0.1) is 0 Å². The molecule has 2 heterocycles. The number of Topliss-reactive ketones (excluding diaryl/α,β-unsaturated/α-hetero) is 2. The fourth-order valence-electron chi connectivity index (χ4n) is 2.90. The van der Waals surface area contributed by atoms with Crippen LogP contribution in [0.15, 0.2) is 41.8 Å². The van der Waals surface area contributed by atoms with Gasteiger partial charge >= 0.3 is 0 Å². The highest BCUT2D eigenvalue weighted by Crippen LogP contribution is 2.14. The van der Waals surface area contributed by atoms with Crippen LogP contribution in [0.3, 0.4) is 0 Å². The number of ketones is 2. The van der Waals surface area contributed by atoms with E-state index in [9.17, 15) is 9.59 Å². The van der Waals surface area contributed by atoms with Gasteiger partial charge in [-0.2, -0.15) is 0 Å². The monoisotopic (exact) mass is 358 g/mol. The molecule has 0 saturated carbocycles. The number of hydrogen-bond acceptors (Lipinski definition) is 6. The van der Waals surface area contributed by atoms with Crippen molar-refractivity contribution in [2.45, 2.75) is 0 Å². The van der Waals surface area contributed by atoms with Crippen LogP contribution in [0.4, 0.5) is 0 Å². The Labute approximate surface area is 151 Å². The maximum Gasteiger partial charge on any atom is 0.186 e. The van der Waals surface area contributed by atoms with E-state index in [4.69, 9.17) is 4.74 Å². The lowest BCUT2D eigenvalue weighted by molar-refractivity contribution is 0.0784. The van der Waals surface area contributed by atoms with Crippen LogP contribution in [0.5, 0.6) is 5.75 Å². The minimum Gasteiger partial charge on any atom is -0.497 e. The number of methoxy groups -OCH3 is 1. The van der Waals surface area contributed by atoms with Crippen molar-refractivity contribution < 1.29 is 14.3 Å². The van der Waals surface area contributed by atoms with E-state index in [1.165, 1.54) is 11.3 Å². The summed E-state index contributed by atoms with van der Waals surface area (Å²) in [5.41, 5.74) is 0.705. The standard InChI is InChI=1S/C19H22N2O3S/c1-24-16-6-4-15(5-7-16)17(22)13-20-8-10-21(11-9-20)14-18(23)19-3-2-12-25-19/h2-7,12H,8-11,13-14H2,1H3. The fraction of sp³-hybridized carbons (Fsp3) is 0.368. The third-order valence-corrected chi connectivity index (χ3v) is 5.32. The van der Waals surface area contributed by atoms with Crippen LogP contribution >= 0.6 is 11.3 Å². The molecule has 6 heteroatoms. The molecule has 1 aromatic heterocycles. The number of benzene rings is 1. The highest BCUT2D eigenvalue weighted by atomic mass is 32.1. The van der Waals surface area contributed by atoms with Gasteiger partial charge in [0.25, 0.3) is 0 Å². The van der Waals surface area contributed by atoms with Crippen LogP contribution in [-0.4, -0.2) is 67.7 Å². The zero-order chi connectivity index (χ0) is 17.6. The number of nitrogens with zero attached hydrogens (tertiary/aromatic N) is 2. The van der Waals surface area contributed by atoms with Crippen LogP contribution in [0.25, 0.3) is 0 Å². The van der Waals surface area contributed by atoms with Gasteiger partial charge in [-0.3, -0.25) is 19.4 Å². The molecule has 1 fully saturated rings. The van der Waals surface area contributed by atoms with Gasteiger partial charge in [0.15, 0.2) is 11.6 Å². The Hall–Kier alpha value is -2.02. The fourth-order valence-corrected chi connectivity index (χ4v) is 3.55. The van der Waals surface area contributed by atoms with Crippen molar-refractivity contribution in [3.8, 4) is 5.75 Å². The molecule has 1 aliphatic rings. The van der Waals surface area contributed by atoms with Gasteiger partial charge < -0.3 is 4.74 Å². The summed E-state index contributed by atoms with van der Waals surface area (Å²) >= 11 is 1.49. The van der Waals surface area contributed by atoms with Crippen molar-refractivity contribution in [2.24, 2.45) is 0 Å². The smallest absolute Gasteiger partial charge is 0.186 e. The third kappa shape index (κ3) is 4.75. The normalized spacial score (nSPS) is 15.9. The van der Waals surface area contributed by atoms with E-state index in [1.54, 1.807) is 31.4 Å². The molecule has 0 aliphatic carbocycles. The molecule has 1 saturated heterocycles. The number of ether oxygens (including phenoxy) is 1. The molecule has 0 N–H and O–H groups in total. The average molecular weight is 358 g/mol. The molecule has 0 spiro atoms. The van der Waals surface area contributed by atoms with E-state index >= 15 is 0 Å². The lowest BCUT2D eigenvalue weighted by Crippen LogP contribution is -2.49. The van der Waals surface area contributed by atoms with E-state index < -0.39 is 0 Å². The molecule has 25 heavy (non-hydrogen) atoms. The summed E-state index contributed by atoms with van der Waals surface area (Å²) in [6.07, 6.45) is 0. The summed E-state index contributed by atoms with van der Waals surface area (Å²) in [4.78, 5) is 29.7. The van der Waals surface area contributed by atoms with Crippen molar-refractivity contribution in [1.29, 1.82) is 0 Å². The largest absolute Gasteiger partial charge is 0.497 e. The molecule has 0 bridgehead atoms. The van der Waals surface area contributed by atoms with Gasteiger partial charge in [0.05, 0.1) is 25.1 Å². The minimum absolute atomic E-state index is 0.116. The Morgan fingerprint density at radius 2 is 1.56 bits per heavy atom. The zero-order valence-corrected chi connectivity index (χ0v) is 15.1. The molecule has 0 amide bonds. The molecule has 0 atom stereocenters. The predicted octanol–water partition coefficient (Wildman–Crippen LogP) is 2.44. The minimum atomic E-state index is 0.116. The van der Waals surface area contributed by atoms with Gasteiger partial charge in [0, 0.05) is 31.7 Å². The van der Waals surface area contributed by atoms with E-state index in [2.05, 4.69) is 9.80 Å². The van der Waals surface area contributed by atoms with E-state index in [0.29, 0.717) is 18.7 Å². The van der Waals surface area contributed by atoms with Gasteiger partial charge in [0.2, 0.25) is 0 Å². The maximum absolute atomic E-state index is 12.4. The second kappa shape index (κ2) is 8.38. The van der Waals surface area contributed by atoms with Crippen molar-refractivity contribution >= 4 is 22.9 Å². The summed E-state index contributed by atoms with van der Waals surface area (Å²) in [6, 6.07) is 11.0. The summed E-state index contributed by atoms with van der Waals surface area (Å²) in [5, 5.41) is 1.93. The number of carbonyl (C=O) groups excluding carboxylic acids is 2. The van der Waals surface area contributed by atoms with E-state index in [1.807, 2.05) is 17.5 Å². The first-order valence-corrected chi connectivity index (χ1v) is 9.22. The summed E-state index contributed by atoms with van der Waals surface area (Å²) in [6.45, 7) is 4.11. The van der Waals surface area contributed by atoms with Gasteiger partial charge in [0.1, 0.15) is 5.75 Å². The van der Waals surface area contributed by atoms with Crippen LogP contribution in [0.1, 0.15) is 20.0 Å². The van der Waals surface area contributed by atoms with Crippen molar-refractivity contribution in [3.63, 3.8) is 0 Å². The first kappa shape index (κ1) is 17.8. The Bertz CT molecular complexity index is 705. The number of piperazine rings is 1. The zero-order valence-electron chi connectivity index (χ0n) is 14.3.